The number of primary amides is 1. The first-order valence-corrected chi connectivity index (χ1v) is 6.54. The van der Waals surface area contributed by atoms with Gasteiger partial charge in [-0.3, -0.25) is 4.79 Å². The van der Waals surface area contributed by atoms with E-state index in [0.29, 0.717) is 27.9 Å². The monoisotopic (exact) mass is 308 g/mol. The van der Waals surface area contributed by atoms with Crippen LogP contribution < -0.4 is 11.5 Å². The maximum absolute atomic E-state index is 12.7. The fourth-order valence-electron chi connectivity index (χ4n) is 2.28. The van der Waals surface area contributed by atoms with Gasteiger partial charge in [-0.25, -0.2) is 0 Å². The predicted molar refractivity (Wildman–Crippen MR) is 78.4 cm³/mol. The van der Waals surface area contributed by atoms with Crippen molar-refractivity contribution in [3.05, 3.63) is 64.2 Å². The van der Waals surface area contributed by atoms with Crippen molar-refractivity contribution in [2.45, 2.75) is 19.5 Å². The van der Waals surface area contributed by atoms with Gasteiger partial charge >= 0.3 is 6.18 Å². The number of hydrogen-bond acceptors (Lipinski definition) is 2. The minimum absolute atomic E-state index is 0.246. The summed E-state index contributed by atoms with van der Waals surface area (Å²) in [4.78, 5) is 11.2. The summed E-state index contributed by atoms with van der Waals surface area (Å²) in [7, 11) is 0. The number of halogens is 3. The highest BCUT2D eigenvalue weighted by atomic mass is 19.4. The van der Waals surface area contributed by atoms with Crippen molar-refractivity contribution in [3.63, 3.8) is 0 Å². The minimum atomic E-state index is -4.38. The SMILES string of the molecule is Cc1c(C(N)=O)ccc(Cc2cccc(C(F)(F)F)c2)c1N. The molecule has 0 heterocycles. The van der Waals surface area contributed by atoms with Gasteiger partial charge in [0.1, 0.15) is 0 Å². The van der Waals surface area contributed by atoms with Crippen LogP contribution in [0.2, 0.25) is 0 Å². The minimum Gasteiger partial charge on any atom is -0.398 e. The van der Waals surface area contributed by atoms with Crippen molar-refractivity contribution in [1.29, 1.82) is 0 Å². The molecule has 1 amide bonds. The molecule has 6 heteroatoms. The zero-order valence-corrected chi connectivity index (χ0v) is 11.9. The molecule has 0 radical (unpaired) electrons. The number of anilines is 1. The molecule has 2 aromatic rings. The van der Waals surface area contributed by atoms with Gasteiger partial charge in [0.2, 0.25) is 5.91 Å². The molecule has 0 aromatic heterocycles. The Bertz CT molecular complexity index is 724. The summed E-state index contributed by atoms with van der Waals surface area (Å²) in [5, 5.41) is 0. The lowest BCUT2D eigenvalue weighted by Gasteiger charge is -2.13. The largest absolute Gasteiger partial charge is 0.416 e. The number of carbonyl (C=O) groups excluding carboxylic acids is 1. The molecule has 0 aliphatic heterocycles. The van der Waals surface area contributed by atoms with Crippen LogP contribution in [0, 0.1) is 6.92 Å². The average molecular weight is 308 g/mol. The van der Waals surface area contributed by atoms with Gasteiger partial charge < -0.3 is 11.5 Å². The number of alkyl halides is 3. The second-order valence-corrected chi connectivity index (χ2v) is 5.05. The standard InChI is InChI=1S/C16H15F3N2O/c1-9-13(15(21)22)6-5-11(14(9)20)7-10-3-2-4-12(8-10)16(17,18)19/h2-6,8H,7,20H2,1H3,(H2,21,22). The number of hydrogen-bond donors (Lipinski definition) is 2. The highest BCUT2D eigenvalue weighted by Gasteiger charge is 2.30. The van der Waals surface area contributed by atoms with Crippen molar-refractivity contribution in [2.75, 3.05) is 5.73 Å². The Morgan fingerprint density at radius 2 is 1.86 bits per heavy atom. The molecule has 0 bridgehead atoms. The average Bonchev–Trinajstić information content (AvgIpc) is 2.43. The smallest absolute Gasteiger partial charge is 0.398 e. The van der Waals surface area contributed by atoms with Gasteiger partial charge in [-0.05, 0) is 42.2 Å². The first-order valence-electron chi connectivity index (χ1n) is 6.54. The van der Waals surface area contributed by atoms with Gasteiger partial charge in [-0.1, -0.05) is 24.3 Å². The fourth-order valence-corrected chi connectivity index (χ4v) is 2.28. The summed E-state index contributed by atoms with van der Waals surface area (Å²) < 4.78 is 38.1. The normalized spacial score (nSPS) is 11.5. The van der Waals surface area contributed by atoms with E-state index in [0.717, 1.165) is 12.1 Å². The maximum Gasteiger partial charge on any atom is 0.416 e. The highest BCUT2D eigenvalue weighted by Crippen LogP contribution is 2.30. The summed E-state index contributed by atoms with van der Waals surface area (Å²) in [6.07, 6.45) is -4.14. The van der Waals surface area contributed by atoms with E-state index in [-0.39, 0.29) is 6.42 Å². The third kappa shape index (κ3) is 3.21. The topological polar surface area (TPSA) is 69.1 Å². The summed E-state index contributed by atoms with van der Waals surface area (Å²) >= 11 is 0. The fraction of sp³-hybridized carbons (Fsp3) is 0.188. The summed E-state index contributed by atoms with van der Waals surface area (Å²) in [5.41, 5.74) is 12.9. The second kappa shape index (κ2) is 5.71. The Labute approximate surface area is 125 Å². The number of amides is 1. The van der Waals surface area contributed by atoms with E-state index in [1.165, 1.54) is 12.1 Å². The van der Waals surface area contributed by atoms with E-state index in [2.05, 4.69) is 0 Å². The van der Waals surface area contributed by atoms with Crippen LogP contribution >= 0.6 is 0 Å². The van der Waals surface area contributed by atoms with Crippen LogP contribution in [0.1, 0.15) is 32.6 Å². The predicted octanol–water partition coefficient (Wildman–Crippen LogP) is 3.29. The van der Waals surface area contributed by atoms with Crippen LogP contribution in [-0.4, -0.2) is 5.91 Å². The molecule has 22 heavy (non-hydrogen) atoms. The van der Waals surface area contributed by atoms with Gasteiger partial charge in [0, 0.05) is 11.3 Å². The van der Waals surface area contributed by atoms with E-state index >= 15 is 0 Å². The molecule has 0 unspecified atom stereocenters. The molecule has 0 aliphatic carbocycles. The third-order valence-corrected chi connectivity index (χ3v) is 3.52. The molecule has 0 saturated carbocycles. The second-order valence-electron chi connectivity index (χ2n) is 5.05. The molecule has 0 saturated heterocycles. The van der Waals surface area contributed by atoms with Crippen molar-refractivity contribution in [2.24, 2.45) is 5.73 Å². The van der Waals surface area contributed by atoms with Gasteiger partial charge in [0.05, 0.1) is 5.56 Å². The summed E-state index contributed by atoms with van der Waals surface area (Å²) in [5.74, 6) is -0.588. The Morgan fingerprint density at radius 3 is 2.45 bits per heavy atom. The number of carbonyl (C=O) groups is 1. The van der Waals surface area contributed by atoms with Crippen LogP contribution in [0.5, 0.6) is 0 Å². The molecule has 0 spiro atoms. The molecule has 116 valence electrons. The van der Waals surface area contributed by atoms with Crippen molar-refractivity contribution in [1.82, 2.24) is 0 Å². The number of rotatable bonds is 3. The van der Waals surface area contributed by atoms with Crippen LogP contribution in [0.25, 0.3) is 0 Å². The zero-order valence-electron chi connectivity index (χ0n) is 11.9. The zero-order chi connectivity index (χ0) is 16.5. The lowest BCUT2D eigenvalue weighted by atomic mass is 9.96. The molecule has 2 aromatic carbocycles. The Hall–Kier alpha value is -2.50. The Kier molecular flexibility index (Phi) is 4.12. The highest BCUT2D eigenvalue weighted by molar-refractivity contribution is 5.95. The molecular formula is C16H15F3N2O. The summed E-state index contributed by atoms with van der Waals surface area (Å²) in [6, 6.07) is 8.23. The Morgan fingerprint density at radius 1 is 1.18 bits per heavy atom. The molecular weight excluding hydrogens is 293 g/mol. The van der Waals surface area contributed by atoms with E-state index in [4.69, 9.17) is 11.5 Å². The van der Waals surface area contributed by atoms with Gasteiger partial charge in [-0.2, -0.15) is 13.2 Å². The maximum atomic E-state index is 12.7. The van der Waals surface area contributed by atoms with Gasteiger partial charge in [0.15, 0.2) is 0 Å². The molecule has 2 rings (SSSR count). The van der Waals surface area contributed by atoms with Crippen LogP contribution in [-0.2, 0) is 12.6 Å². The molecule has 0 fully saturated rings. The van der Waals surface area contributed by atoms with Crippen molar-refractivity contribution in [3.8, 4) is 0 Å². The van der Waals surface area contributed by atoms with Crippen molar-refractivity contribution < 1.29 is 18.0 Å². The van der Waals surface area contributed by atoms with Crippen LogP contribution in [0.15, 0.2) is 36.4 Å². The quantitative estimate of drug-likeness (QED) is 0.854. The third-order valence-electron chi connectivity index (χ3n) is 3.52. The molecule has 3 nitrogen and oxygen atoms in total. The van der Waals surface area contributed by atoms with Crippen molar-refractivity contribution >= 4 is 11.6 Å². The Balaban J connectivity index is 2.36. The van der Waals surface area contributed by atoms with Crippen LogP contribution in [0.4, 0.5) is 18.9 Å². The summed E-state index contributed by atoms with van der Waals surface area (Å²) in [6.45, 7) is 1.66. The first kappa shape index (κ1) is 15.9. The lowest BCUT2D eigenvalue weighted by molar-refractivity contribution is -0.137. The number of benzene rings is 2. The molecule has 0 atom stereocenters. The first-order chi connectivity index (χ1) is 10.2. The number of nitrogens with two attached hydrogens (primary N) is 2. The van der Waals surface area contributed by atoms with Crippen LogP contribution in [0.3, 0.4) is 0 Å². The molecule has 4 N–H and O–H groups in total. The number of nitrogen functional groups attached to an aromatic ring is 1. The lowest BCUT2D eigenvalue weighted by Crippen LogP contribution is -2.14. The van der Waals surface area contributed by atoms with Gasteiger partial charge in [-0.15, -0.1) is 0 Å². The van der Waals surface area contributed by atoms with E-state index in [1.807, 2.05) is 0 Å². The van der Waals surface area contributed by atoms with E-state index in [9.17, 15) is 18.0 Å². The molecule has 0 aliphatic rings. The van der Waals surface area contributed by atoms with Gasteiger partial charge in [0.25, 0.3) is 0 Å². The van der Waals surface area contributed by atoms with E-state index < -0.39 is 17.6 Å². The van der Waals surface area contributed by atoms with E-state index in [1.54, 1.807) is 19.1 Å².